The molecule has 128 valence electrons. The minimum absolute atomic E-state index is 0.229. The Labute approximate surface area is 142 Å². The van der Waals surface area contributed by atoms with Crippen LogP contribution in [0.4, 0.5) is 5.69 Å². The van der Waals surface area contributed by atoms with Crippen molar-refractivity contribution in [1.29, 1.82) is 0 Å². The zero-order valence-electron chi connectivity index (χ0n) is 14.0. The van der Waals surface area contributed by atoms with Gasteiger partial charge in [0.15, 0.2) is 0 Å². The molecule has 2 N–H and O–H groups in total. The Balaban J connectivity index is 2.50. The topological polar surface area (TPSA) is 70.7 Å². The quantitative estimate of drug-likeness (QED) is 0.561. The largest absolute Gasteiger partial charge is 0.495 e. The second kappa shape index (κ2) is 9.37. The van der Waals surface area contributed by atoms with Crippen LogP contribution < -0.4 is 15.4 Å². The summed E-state index contributed by atoms with van der Waals surface area (Å²) in [5.41, 5.74) is 1.32. The molecule has 1 aromatic rings. The van der Waals surface area contributed by atoms with Gasteiger partial charge >= 0.3 is 0 Å². The highest BCUT2D eigenvalue weighted by atomic mass is 35.5. The summed E-state index contributed by atoms with van der Waals surface area (Å²) in [5.74, 6) is -0.235. The Morgan fingerprint density at radius 1 is 1.26 bits per heavy atom. The van der Waals surface area contributed by atoms with E-state index in [1.54, 1.807) is 12.1 Å². The van der Waals surface area contributed by atoms with Crippen LogP contribution in [0.25, 0.3) is 0 Å². The van der Waals surface area contributed by atoms with Gasteiger partial charge in [0.25, 0.3) is 0 Å². The Morgan fingerprint density at radius 3 is 2.57 bits per heavy atom. The number of hydrogen-bond acceptors (Lipinski definition) is 4. The smallest absolute Gasteiger partial charge is 0.233 e. The lowest BCUT2D eigenvalue weighted by molar-refractivity contribution is -0.126. The molecule has 0 radical (unpaired) electrons. The summed E-state index contributed by atoms with van der Waals surface area (Å²) >= 11 is 6.02. The number of carbonyl (C=O) groups is 2. The van der Waals surface area contributed by atoms with Crippen LogP contribution >= 0.6 is 11.6 Å². The second-order valence-corrected chi connectivity index (χ2v) is 5.94. The molecule has 0 saturated carbocycles. The van der Waals surface area contributed by atoms with Crippen molar-refractivity contribution in [3.05, 3.63) is 22.7 Å². The molecule has 0 fully saturated rings. The average Bonchev–Trinajstić information content (AvgIpc) is 2.46. The highest BCUT2D eigenvalue weighted by Crippen LogP contribution is 2.30. The van der Waals surface area contributed by atoms with E-state index in [2.05, 4.69) is 10.6 Å². The van der Waals surface area contributed by atoms with Crippen molar-refractivity contribution in [1.82, 2.24) is 10.2 Å². The second-order valence-electron chi connectivity index (χ2n) is 5.53. The molecule has 7 heteroatoms. The maximum Gasteiger partial charge on any atom is 0.233 e. The molecule has 6 nitrogen and oxygen atoms in total. The number of aryl methyl sites for hydroxylation is 1. The number of nitrogens with zero attached hydrogens (tertiary/aromatic N) is 1. The zero-order chi connectivity index (χ0) is 17.4. The van der Waals surface area contributed by atoms with Crippen LogP contribution in [0, 0.1) is 6.92 Å². The summed E-state index contributed by atoms with van der Waals surface area (Å²) in [7, 11) is 5.43. The van der Waals surface area contributed by atoms with Crippen molar-refractivity contribution in [3.8, 4) is 5.75 Å². The first-order chi connectivity index (χ1) is 10.8. The number of ether oxygens (including phenoxy) is 1. The van der Waals surface area contributed by atoms with Gasteiger partial charge in [-0.2, -0.15) is 0 Å². The first kappa shape index (κ1) is 19.3. The average molecular weight is 342 g/mol. The Bertz CT molecular complexity index is 562. The van der Waals surface area contributed by atoms with Gasteiger partial charge in [-0.15, -0.1) is 0 Å². The van der Waals surface area contributed by atoms with Crippen LogP contribution in [0.3, 0.4) is 0 Å². The van der Waals surface area contributed by atoms with Crippen molar-refractivity contribution in [2.75, 3.05) is 39.6 Å². The van der Waals surface area contributed by atoms with E-state index in [4.69, 9.17) is 16.3 Å². The number of benzene rings is 1. The van der Waals surface area contributed by atoms with Crippen molar-refractivity contribution in [2.45, 2.75) is 19.8 Å². The molecule has 0 aliphatic carbocycles. The lowest BCUT2D eigenvalue weighted by Crippen LogP contribution is -2.30. The monoisotopic (exact) mass is 341 g/mol. The molecular weight excluding hydrogens is 318 g/mol. The highest BCUT2D eigenvalue weighted by molar-refractivity contribution is 6.31. The summed E-state index contributed by atoms with van der Waals surface area (Å²) in [6.07, 6.45) is 0.608. The zero-order valence-corrected chi connectivity index (χ0v) is 14.8. The molecular formula is C16H24ClN3O3. The molecule has 0 heterocycles. The van der Waals surface area contributed by atoms with E-state index in [1.807, 2.05) is 25.9 Å². The number of methoxy groups -OCH3 is 1. The van der Waals surface area contributed by atoms with E-state index < -0.39 is 5.91 Å². The van der Waals surface area contributed by atoms with Crippen LogP contribution in [0.5, 0.6) is 5.75 Å². The van der Waals surface area contributed by atoms with E-state index in [0.717, 1.165) is 18.5 Å². The third-order valence-corrected chi connectivity index (χ3v) is 3.59. The fourth-order valence-electron chi connectivity index (χ4n) is 1.96. The fourth-order valence-corrected chi connectivity index (χ4v) is 2.11. The van der Waals surface area contributed by atoms with E-state index in [0.29, 0.717) is 23.0 Å². The number of carbonyl (C=O) groups excluding carboxylic acids is 2. The van der Waals surface area contributed by atoms with E-state index in [-0.39, 0.29) is 12.3 Å². The standard InChI is InChI=1S/C16H24ClN3O3/c1-11-8-13(14(23-4)9-12(11)17)19-16(22)10-15(21)18-6-5-7-20(2)3/h8-9H,5-7,10H2,1-4H3,(H,18,21)(H,19,22). The van der Waals surface area contributed by atoms with Gasteiger partial charge in [0, 0.05) is 17.6 Å². The SMILES string of the molecule is COc1cc(Cl)c(C)cc1NC(=O)CC(=O)NCCCN(C)C. The molecule has 0 saturated heterocycles. The molecule has 23 heavy (non-hydrogen) atoms. The number of amides is 2. The van der Waals surface area contributed by atoms with Crippen molar-refractivity contribution < 1.29 is 14.3 Å². The van der Waals surface area contributed by atoms with E-state index in [1.165, 1.54) is 7.11 Å². The minimum atomic E-state index is -0.393. The van der Waals surface area contributed by atoms with Gasteiger partial charge in [-0.3, -0.25) is 9.59 Å². The van der Waals surface area contributed by atoms with E-state index in [9.17, 15) is 9.59 Å². The van der Waals surface area contributed by atoms with Gasteiger partial charge in [-0.25, -0.2) is 0 Å². The molecule has 0 spiro atoms. The number of rotatable bonds is 8. The number of halogens is 1. The maximum atomic E-state index is 12.0. The lowest BCUT2D eigenvalue weighted by Gasteiger charge is -2.12. The third kappa shape index (κ3) is 6.88. The van der Waals surface area contributed by atoms with Crippen LogP contribution in [0.1, 0.15) is 18.4 Å². The highest BCUT2D eigenvalue weighted by Gasteiger charge is 2.13. The van der Waals surface area contributed by atoms with Crippen LogP contribution in [0.15, 0.2) is 12.1 Å². The molecule has 0 aromatic heterocycles. The fraction of sp³-hybridized carbons (Fsp3) is 0.500. The Morgan fingerprint density at radius 2 is 1.96 bits per heavy atom. The third-order valence-electron chi connectivity index (χ3n) is 3.18. The number of nitrogens with one attached hydrogen (secondary N) is 2. The van der Waals surface area contributed by atoms with Crippen molar-refractivity contribution in [2.24, 2.45) is 0 Å². The summed E-state index contributed by atoms with van der Waals surface area (Å²) in [6, 6.07) is 3.35. The van der Waals surface area contributed by atoms with Crippen LogP contribution in [0.2, 0.25) is 5.02 Å². The molecule has 2 amide bonds. The van der Waals surface area contributed by atoms with Gasteiger partial charge in [0.2, 0.25) is 11.8 Å². The maximum absolute atomic E-state index is 12.0. The molecule has 0 bridgehead atoms. The first-order valence-corrected chi connectivity index (χ1v) is 7.76. The summed E-state index contributed by atoms with van der Waals surface area (Å²) in [4.78, 5) is 25.7. The predicted molar refractivity (Wildman–Crippen MR) is 92.2 cm³/mol. The Hall–Kier alpha value is -1.79. The van der Waals surface area contributed by atoms with E-state index >= 15 is 0 Å². The molecule has 0 aliphatic rings. The van der Waals surface area contributed by atoms with Gasteiger partial charge in [0.1, 0.15) is 12.2 Å². The minimum Gasteiger partial charge on any atom is -0.495 e. The van der Waals surface area contributed by atoms with Gasteiger partial charge < -0.3 is 20.3 Å². The summed E-state index contributed by atoms with van der Waals surface area (Å²) < 4.78 is 5.18. The summed E-state index contributed by atoms with van der Waals surface area (Å²) in [6.45, 7) is 3.26. The van der Waals surface area contributed by atoms with Gasteiger partial charge in [-0.1, -0.05) is 11.6 Å². The van der Waals surface area contributed by atoms with Gasteiger partial charge in [0.05, 0.1) is 12.8 Å². The number of hydrogen-bond donors (Lipinski definition) is 2. The molecule has 1 rings (SSSR count). The first-order valence-electron chi connectivity index (χ1n) is 7.39. The Kier molecular flexibility index (Phi) is 7.85. The van der Waals surface area contributed by atoms with Crippen molar-refractivity contribution in [3.63, 3.8) is 0 Å². The predicted octanol–water partition coefficient (Wildman–Crippen LogP) is 2.05. The molecule has 0 atom stereocenters. The van der Waals surface area contributed by atoms with Crippen LogP contribution in [-0.4, -0.2) is 51.0 Å². The van der Waals surface area contributed by atoms with Crippen LogP contribution in [-0.2, 0) is 9.59 Å². The van der Waals surface area contributed by atoms with Gasteiger partial charge in [-0.05, 0) is 45.6 Å². The summed E-state index contributed by atoms with van der Waals surface area (Å²) in [5, 5.41) is 5.96. The lowest BCUT2D eigenvalue weighted by atomic mass is 10.2. The normalized spacial score (nSPS) is 10.5. The molecule has 0 unspecified atom stereocenters. The van der Waals surface area contributed by atoms with Crippen molar-refractivity contribution >= 4 is 29.1 Å². The molecule has 1 aromatic carbocycles. The number of anilines is 1. The molecule has 0 aliphatic heterocycles.